The van der Waals surface area contributed by atoms with Crippen molar-refractivity contribution in [3.05, 3.63) is 87.7 Å². The second kappa shape index (κ2) is 14.5. The Labute approximate surface area is 255 Å². The van der Waals surface area contributed by atoms with Gasteiger partial charge in [0.1, 0.15) is 11.6 Å². The largest absolute Gasteiger partial charge is 0.495 e. The van der Waals surface area contributed by atoms with E-state index in [9.17, 15) is 18.8 Å². The van der Waals surface area contributed by atoms with Crippen LogP contribution < -0.4 is 26.4 Å². The number of nitrogens with one attached hydrogen (secondary N) is 3. The van der Waals surface area contributed by atoms with Crippen LogP contribution in [0.4, 0.5) is 15.8 Å². The van der Waals surface area contributed by atoms with Crippen molar-refractivity contribution in [2.45, 2.75) is 39.2 Å². The summed E-state index contributed by atoms with van der Waals surface area (Å²) in [5.74, 6) is -1.47. The van der Waals surface area contributed by atoms with Gasteiger partial charge in [-0.05, 0) is 59.9 Å². The van der Waals surface area contributed by atoms with Gasteiger partial charge in [-0.15, -0.1) is 0 Å². The molecule has 3 atom stereocenters. The summed E-state index contributed by atoms with van der Waals surface area (Å²) < 4.78 is 19.7. The molecule has 11 heteroatoms. The van der Waals surface area contributed by atoms with Crippen molar-refractivity contribution < 1.29 is 23.5 Å². The van der Waals surface area contributed by atoms with E-state index in [1.54, 1.807) is 42.5 Å². The van der Waals surface area contributed by atoms with E-state index >= 15 is 0 Å². The van der Waals surface area contributed by atoms with Crippen LogP contribution >= 0.6 is 23.2 Å². The lowest BCUT2D eigenvalue weighted by Crippen LogP contribution is -2.38. The second-order valence-electron chi connectivity index (χ2n) is 11.1. The number of methoxy groups -OCH3 is 1. The number of hydrogen-bond donors (Lipinski definition) is 4. The van der Waals surface area contributed by atoms with Gasteiger partial charge in [0.2, 0.25) is 18.2 Å². The minimum Gasteiger partial charge on any atom is -0.495 e. The molecule has 224 valence electrons. The highest BCUT2D eigenvalue weighted by atomic mass is 35.5. The Hall–Kier alpha value is -3.66. The topological polar surface area (TPSA) is 123 Å². The van der Waals surface area contributed by atoms with Crippen LogP contribution in [0.25, 0.3) is 0 Å². The van der Waals surface area contributed by atoms with Gasteiger partial charge in [0.25, 0.3) is 0 Å². The predicted octanol–water partition coefficient (Wildman–Crippen LogP) is 6.24. The summed E-state index contributed by atoms with van der Waals surface area (Å²) in [5, 5.41) is 9.45. The molecule has 1 saturated heterocycles. The van der Waals surface area contributed by atoms with Crippen LogP contribution in [0.5, 0.6) is 5.75 Å². The number of rotatable bonds is 8. The summed E-state index contributed by atoms with van der Waals surface area (Å²) in [4.78, 5) is 34.3. The number of hydrogen-bond acceptors (Lipinski definition) is 5. The van der Waals surface area contributed by atoms with E-state index in [0.29, 0.717) is 46.2 Å². The van der Waals surface area contributed by atoms with E-state index in [1.165, 1.54) is 25.3 Å². The van der Waals surface area contributed by atoms with Crippen molar-refractivity contribution in [3.63, 3.8) is 0 Å². The normalized spacial score (nSPS) is 17.9. The smallest absolute Gasteiger partial charge is 0.248 e. The van der Waals surface area contributed by atoms with Crippen LogP contribution in [0.15, 0.2) is 60.7 Å². The van der Waals surface area contributed by atoms with Crippen LogP contribution in [0.3, 0.4) is 0 Å². The molecule has 1 aliphatic rings. The molecule has 0 aliphatic carbocycles. The summed E-state index contributed by atoms with van der Waals surface area (Å²) in [6.45, 7) is 6.92. The summed E-state index contributed by atoms with van der Waals surface area (Å²) in [6, 6.07) is 16.5. The SMILES string of the molecule is CC(C)(C)CC1NCC(c2cccc(Cl)c2F)C1C(=O)Nc1cccc(Cl)c1.COc1cc(C(N)=O)ccc1NC=O. The Balaban J connectivity index is 0.000000291. The van der Waals surface area contributed by atoms with Gasteiger partial charge in [-0.3, -0.25) is 14.4 Å². The van der Waals surface area contributed by atoms with Crippen LogP contribution in [0, 0.1) is 17.2 Å². The first-order chi connectivity index (χ1) is 19.8. The van der Waals surface area contributed by atoms with Crippen molar-refractivity contribution in [1.82, 2.24) is 5.32 Å². The number of carbonyl (C=O) groups excluding carboxylic acids is 3. The van der Waals surface area contributed by atoms with Crippen molar-refractivity contribution in [2.24, 2.45) is 17.1 Å². The molecule has 1 fully saturated rings. The molecule has 3 amide bonds. The number of primary amides is 1. The highest BCUT2D eigenvalue weighted by molar-refractivity contribution is 6.31. The summed E-state index contributed by atoms with van der Waals surface area (Å²) in [7, 11) is 1.44. The van der Waals surface area contributed by atoms with E-state index in [-0.39, 0.29) is 28.3 Å². The molecular formula is C31H35Cl2FN4O4. The first kappa shape index (κ1) is 32.8. The first-order valence-electron chi connectivity index (χ1n) is 13.3. The Bertz CT molecular complexity index is 1430. The van der Waals surface area contributed by atoms with E-state index in [2.05, 4.69) is 36.7 Å². The Kier molecular flexibility index (Phi) is 11.3. The molecule has 0 bridgehead atoms. The molecule has 3 aromatic rings. The van der Waals surface area contributed by atoms with Gasteiger partial charge in [0, 0.05) is 34.8 Å². The van der Waals surface area contributed by atoms with Crippen molar-refractivity contribution >= 4 is 52.8 Å². The quantitative estimate of drug-likeness (QED) is 0.223. The highest BCUT2D eigenvalue weighted by Crippen LogP contribution is 2.39. The average molecular weight is 618 g/mol. The van der Waals surface area contributed by atoms with Gasteiger partial charge in [-0.2, -0.15) is 0 Å². The van der Waals surface area contributed by atoms with Gasteiger partial charge >= 0.3 is 0 Å². The number of nitrogens with two attached hydrogens (primary N) is 1. The predicted molar refractivity (Wildman–Crippen MR) is 165 cm³/mol. The highest BCUT2D eigenvalue weighted by Gasteiger charge is 2.44. The Morgan fingerprint density at radius 2 is 1.83 bits per heavy atom. The van der Waals surface area contributed by atoms with Crippen LogP contribution in [0.2, 0.25) is 10.0 Å². The maximum absolute atomic E-state index is 14.7. The molecule has 3 aromatic carbocycles. The zero-order valence-electron chi connectivity index (χ0n) is 23.8. The van der Waals surface area contributed by atoms with Crippen molar-refractivity contribution in [1.29, 1.82) is 0 Å². The molecule has 1 heterocycles. The third-order valence-corrected chi connectivity index (χ3v) is 7.30. The van der Waals surface area contributed by atoms with Crippen molar-refractivity contribution in [2.75, 3.05) is 24.3 Å². The third kappa shape index (κ3) is 8.67. The number of ether oxygens (including phenoxy) is 1. The fourth-order valence-corrected chi connectivity index (χ4v) is 5.34. The minimum atomic E-state index is -0.541. The monoisotopic (exact) mass is 616 g/mol. The zero-order chi connectivity index (χ0) is 31.0. The minimum absolute atomic E-state index is 0.0218. The van der Waals surface area contributed by atoms with Gasteiger partial charge in [0.05, 0.1) is 23.7 Å². The van der Waals surface area contributed by atoms with Gasteiger partial charge in [-0.25, -0.2) is 4.39 Å². The van der Waals surface area contributed by atoms with E-state index in [1.807, 2.05) is 0 Å². The molecule has 0 aromatic heterocycles. The molecular weight excluding hydrogens is 582 g/mol. The van der Waals surface area contributed by atoms with Gasteiger partial charge < -0.3 is 26.4 Å². The van der Waals surface area contributed by atoms with Crippen LogP contribution in [-0.4, -0.2) is 37.9 Å². The van der Waals surface area contributed by atoms with Gasteiger partial charge in [0.15, 0.2) is 0 Å². The van der Waals surface area contributed by atoms with Crippen LogP contribution in [-0.2, 0) is 9.59 Å². The number of halogens is 3. The first-order valence-corrected chi connectivity index (χ1v) is 14.0. The molecule has 0 radical (unpaired) electrons. The molecule has 0 spiro atoms. The summed E-state index contributed by atoms with van der Waals surface area (Å²) >= 11 is 12.0. The number of benzene rings is 3. The number of carbonyl (C=O) groups is 3. The summed E-state index contributed by atoms with van der Waals surface area (Å²) in [6.07, 6.45) is 1.32. The maximum Gasteiger partial charge on any atom is 0.248 e. The molecule has 3 unspecified atom stereocenters. The standard InChI is InChI=1S/C22H25Cl2FN2O.C9H10N2O3/c1-22(2,3)11-18-19(21(28)27-14-7-4-6-13(23)10-14)16(12-26-18)15-8-5-9-17(24)20(15)25;1-14-8-4-6(9(10)13)2-3-7(8)11-5-12/h4-10,16,18-19,26H,11-12H2,1-3H3,(H,27,28);2-5H,1H3,(H2,10,13)(H,11,12). The lowest BCUT2D eigenvalue weighted by atomic mass is 9.78. The van der Waals surface area contributed by atoms with Crippen molar-refractivity contribution in [3.8, 4) is 5.75 Å². The zero-order valence-corrected chi connectivity index (χ0v) is 25.4. The fourth-order valence-electron chi connectivity index (χ4n) is 4.97. The van der Waals surface area contributed by atoms with E-state index < -0.39 is 17.6 Å². The third-order valence-electron chi connectivity index (χ3n) is 6.78. The number of amides is 3. The average Bonchev–Trinajstić information content (AvgIpc) is 3.32. The number of anilines is 2. The summed E-state index contributed by atoms with van der Waals surface area (Å²) in [5.41, 5.74) is 7.03. The maximum atomic E-state index is 14.7. The molecule has 4 rings (SSSR count). The lowest BCUT2D eigenvalue weighted by Gasteiger charge is -2.29. The fraction of sp³-hybridized carbons (Fsp3) is 0.323. The molecule has 5 N–H and O–H groups in total. The van der Waals surface area contributed by atoms with Crippen LogP contribution in [0.1, 0.15) is 49.0 Å². The van der Waals surface area contributed by atoms with E-state index in [4.69, 9.17) is 33.7 Å². The Morgan fingerprint density at radius 3 is 2.45 bits per heavy atom. The molecule has 8 nitrogen and oxygen atoms in total. The van der Waals surface area contributed by atoms with Gasteiger partial charge in [-0.1, -0.05) is 62.2 Å². The molecule has 1 aliphatic heterocycles. The van der Waals surface area contributed by atoms with E-state index in [0.717, 1.165) is 6.42 Å². The molecule has 42 heavy (non-hydrogen) atoms. The second-order valence-corrected chi connectivity index (χ2v) is 11.9. The molecule has 0 saturated carbocycles. The Morgan fingerprint density at radius 1 is 1.12 bits per heavy atom. The lowest BCUT2D eigenvalue weighted by molar-refractivity contribution is -0.120.